The number of benzene rings is 1. The molecule has 1 aliphatic heterocycles. The van der Waals surface area contributed by atoms with Crippen molar-refractivity contribution >= 4 is 38.5 Å². The molecule has 1 saturated carbocycles. The van der Waals surface area contributed by atoms with Gasteiger partial charge in [-0.15, -0.1) is 0 Å². The van der Waals surface area contributed by atoms with Gasteiger partial charge < -0.3 is 4.74 Å². The summed E-state index contributed by atoms with van der Waals surface area (Å²) < 4.78 is 6.64. The Kier molecular flexibility index (Phi) is 4.79. The van der Waals surface area contributed by atoms with Crippen LogP contribution in [0.1, 0.15) is 18.4 Å². The second kappa shape index (κ2) is 6.39. The molecule has 2 N–H and O–H groups in total. The predicted octanol–water partition coefficient (Wildman–Crippen LogP) is 2.98. The van der Waals surface area contributed by atoms with Crippen molar-refractivity contribution in [3.8, 4) is 0 Å². The van der Waals surface area contributed by atoms with Crippen LogP contribution in [0.4, 0.5) is 0 Å². The van der Waals surface area contributed by atoms with E-state index in [4.69, 9.17) is 4.74 Å². The summed E-state index contributed by atoms with van der Waals surface area (Å²) in [5, 5.41) is 0. The molecule has 5 atom stereocenters. The minimum Gasteiger partial charge on any atom is -0.372 e. The zero-order valence-corrected chi connectivity index (χ0v) is 14.3. The maximum atomic E-state index is 6.13. The Hall–Kier alpha value is 0.310. The van der Waals surface area contributed by atoms with E-state index < -0.39 is 0 Å². The highest BCUT2D eigenvalue weighted by Gasteiger charge is 2.43. The smallest absolute Gasteiger partial charge is 0.0771 e. The lowest BCUT2D eigenvalue weighted by atomic mass is 9.84. The van der Waals surface area contributed by atoms with E-state index in [1.165, 1.54) is 5.56 Å². The van der Waals surface area contributed by atoms with Gasteiger partial charge in [-0.25, -0.2) is 5.43 Å². The maximum Gasteiger partial charge on any atom is 0.0771 e. The largest absolute Gasteiger partial charge is 0.372 e. The molecule has 0 bridgehead atoms. The first-order chi connectivity index (χ1) is 9.24. The van der Waals surface area contributed by atoms with Crippen molar-refractivity contribution in [3.63, 3.8) is 0 Å². The number of halogens is 2. The fraction of sp³-hybridized carbons (Fsp3) is 0.571. The second-order valence-corrected chi connectivity index (χ2v) is 7.80. The predicted molar refractivity (Wildman–Crippen MR) is 88.3 cm³/mol. The highest BCUT2D eigenvalue weighted by molar-refractivity contribution is 14.1. The summed E-state index contributed by atoms with van der Waals surface area (Å²) in [6.45, 7) is 0.706. The summed E-state index contributed by atoms with van der Waals surface area (Å²) in [6.07, 6.45) is 2.54. The molecule has 5 unspecified atom stereocenters. The Labute approximate surface area is 136 Å². The first kappa shape index (κ1) is 14.3. The molecule has 1 aliphatic carbocycles. The number of hydrogen-bond donors (Lipinski definition) is 2. The molecule has 1 heterocycles. The van der Waals surface area contributed by atoms with Gasteiger partial charge in [0.25, 0.3) is 0 Å². The molecule has 2 fully saturated rings. The van der Waals surface area contributed by atoms with Gasteiger partial charge in [0, 0.05) is 16.8 Å². The molecule has 0 spiro atoms. The van der Waals surface area contributed by atoms with Crippen molar-refractivity contribution in [3.05, 3.63) is 35.9 Å². The fourth-order valence-electron chi connectivity index (χ4n) is 2.88. The Morgan fingerprint density at radius 1 is 1.21 bits per heavy atom. The van der Waals surface area contributed by atoms with Crippen LogP contribution >= 0.6 is 38.5 Å². The standard InChI is InChI=1S/C14H18BrIN2O/c15-11-7-12-10(14(16)18-17-12)6-13(11)19-8-9-4-2-1-3-5-9/h1-5,10-14,17-18H,6-8H2. The van der Waals surface area contributed by atoms with Crippen molar-refractivity contribution in [2.24, 2.45) is 5.92 Å². The van der Waals surface area contributed by atoms with Gasteiger partial charge in [0.1, 0.15) is 0 Å². The summed E-state index contributed by atoms with van der Waals surface area (Å²) in [5.41, 5.74) is 7.97. The molecule has 3 rings (SSSR count). The molecule has 19 heavy (non-hydrogen) atoms. The highest BCUT2D eigenvalue weighted by atomic mass is 127. The van der Waals surface area contributed by atoms with E-state index in [1.54, 1.807) is 0 Å². The Bertz CT molecular complexity index is 419. The molecule has 104 valence electrons. The highest BCUT2D eigenvalue weighted by Crippen LogP contribution is 2.37. The molecule has 5 heteroatoms. The first-order valence-corrected chi connectivity index (χ1v) is 8.85. The van der Waals surface area contributed by atoms with Crippen LogP contribution in [-0.4, -0.2) is 21.0 Å². The van der Waals surface area contributed by atoms with E-state index in [0.29, 0.717) is 33.5 Å². The van der Waals surface area contributed by atoms with Gasteiger partial charge in [0.05, 0.1) is 16.8 Å². The van der Waals surface area contributed by atoms with Crippen molar-refractivity contribution < 1.29 is 4.74 Å². The van der Waals surface area contributed by atoms with Gasteiger partial charge in [-0.05, 0) is 18.4 Å². The SMILES string of the molecule is BrC1CC2NNC(I)C2CC1OCc1ccccc1. The lowest BCUT2D eigenvalue weighted by molar-refractivity contribution is 0.00668. The third-order valence-electron chi connectivity index (χ3n) is 3.99. The van der Waals surface area contributed by atoms with Crippen molar-refractivity contribution in [2.75, 3.05) is 0 Å². The minimum absolute atomic E-state index is 0.306. The summed E-state index contributed by atoms with van der Waals surface area (Å²) in [7, 11) is 0. The van der Waals surface area contributed by atoms with Crippen LogP contribution in [0.5, 0.6) is 0 Å². The summed E-state index contributed by atoms with van der Waals surface area (Å²) in [5.74, 6) is 0.662. The van der Waals surface area contributed by atoms with Crippen molar-refractivity contribution in [1.82, 2.24) is 10.9 Å². The van der Waals surface area contributed by atoms with Crippen LogP contribution in [0.3, 0.4) is 0 Å². The maximum absolute atomic E-state index is 6.13. The average molecular weight is 437 g/mol. The number of rotatable bonds is 3. The van der Waals surface area contributed by atoms with Crippen LogP contribution in [0.25, 0.3) is 0 Å². The quantitative estimate of drug-likeness (QED) is 0.434. The van der Waals surface area contributed by atoms with Crippen LogP contribution in [0, 0.1) is 5.92 Å². The molecule has 2 aliphatic rings. The van der Waals surface area contributed by atoms with Gasteiger partial charge in [-0.3, -0.25) is 5.43 Å². The zero-order valence-electron chi connectivity index (χ0n) is 10.6. The Balaban J connectivity index is 1.58. The van der Waals surface area contributed by atoms with E-state index in [2.05, 4.69) is 73.6 Å². The fourth-order valence-corrected chi connectivity index (χ4v) is 4.63. The molecule has 3 nitrogen and oxygen atoms in total. The number of alkyl halides is 2. The summed E-state index contributed by atoms with van der Waals surface area (Å²) in [6, 6.07) is 11.0. The molecule has 0 aromatic heterocycles. The van der Waals surface area contributed by atoms with Crippen LogP contribution < -0.4 is 10.9 Å². The van der Waals surface area contributed by atoms with Crippen LogP contribution in [0.15, 0.2) is 30.3 Å². The number of hydrazine groups is 1. The van der Waals surface area contributed by atoms with Gasteiger partial charge in [-0.2, -0.15) is 0 Å². The van der Waals surface area contributed by atoms with Gasteiger partial charge in [0.15, 0.2) is 0 Å². The van der Waals surface area contributed by atoms with Crippen molar-refractivity contribution in [2.45, 2.75) is 40.5 Å². The van der Waals surface area contributed by atoms with Crippen LogP contribution in [0.2, 0.25) is 0 Å². The van der Waals surface area contributed by atoms with Crippen LogP contribution in [-0.2, 0) is 11.3 Å². The number of ether oxygens (including phenoxy) is 1. The van der Waals surface area contributed by atoms with E-state index in [-0.39, 0.29) is 0 Å². The molecule has 1 aromatic carbocycles. The minimum atomic E-state index is 0.306. The molecule has 1 aromatic rings. The summed E-state index contributed by atoms with van der Waals surface area (Å²) in [4.78, 5) is 0.438. The number of hydrogen-bond acceptors (Lipinski definition) is 3. The number of nitrogens with one attached hydrogen (secondary N) is 2. The molecular weight excluding hydrogens is 419 g/mol. The normalized spacial score (nSPS) is 38.1. The van der Waals surface area contributed by atoms with E-state index in [1.807, 2.05) is 6.07 Å². The van der Waals surface area contributed by atoms with E-state index >= 15 is 0 Å². The molecule has 1 saturated heterocycles. The van der Waals surface area contributed by atoms with Gasteiger partial charge in [-0.1, -0.05) is 68.9 Å². The van der Waals surface area contributed by atoms with Gasteiger partial charge >= 0.3 is 0 Å². The first-order valence-electron chi connectivity index (χ1n) is 6.69. The van der Waals surface area contributed by atoms with E-state index in [0.717, 1.165) is 12.8 Å². The zero-order chi connectivity index (χ0) is 13.2. The Morgan fingerprint density at radius 2 is 2.00 bits per heavy atom. The van der Waals surface area contributed by atoms with Gasteiger partial charge in [0.2, 0.25) is 0 Å². The topological polar surface area (TPSA) is 33.3 Å². The summed E-state index contributed by atoms with van der Waals surface area (Å²) >= 11 is 6.27. The second-order valence-electron chi connectivity index (χ2n) is 5.28. The lowest BCUT2D eigenvalue weighted by Gasteiger charge is -2.35. The Morgan fingerprint density at radius 3 is 2.79 bits per heavy atom. The monoisotopic (exact) mass is 436 g/mol. The van der Waals surface area contributed by atoms with Crippen molar-refractivity contribution in [1.29, 1.82) is 0 Å². The lowest BCUT2D eigenvalue weighted by Crippen LogP contribution is -2.43. The molecule has 0 radical (unpaired) electrons. The third-order valence-corrected chi connectivity index (χ3v) is 6.19. The number of fused-ring (bicyclic) bond motifs is 1. The average Bonchev–Trinajstić information content (AvgIpc) is 2.78. The third kappa shape index (κ3) is 3.32. The molecule has 0 amide bonds. The molecular formula is C14H18BrIN2O. The van der Waals surface area contributed by atoms with E-state index in [9.17, 15) is 0 Å².